The molecule has 0 bridgehead atoms. The molecule has 4 aliphatic rings. The third kappa shape index (κ3) is 5.57. The Balaban J connectivity index is 1.14. The number of carbonyl (C=O) groups is 1. The standard InChI is InChI=1S/C33H43N7O2/c1-24(41)38-16-9-31-29(23-38)33(36-40(31)28-10-19-42-20-11-28)39-14-2-3-27-21-30(35-22-32(27)39)26-6-4-25(5-7-26)8-15-37-17-12-34-13-18-37/h4-7,21-22,28,34H,2-3,8-20,23H2,1H3. The number of hydrogen-bond acceptors (Lipinski definition) is 7. The Kier molecular flexibility index (Phi) is 7.97. The van der Waals surface area contributed by atoms with E-state index in [1.54, 1.807) is 6.92 Å². The first-order valence-corrected chi connectivity index (χ1v) is 15.9. The fourth-order valence-electron chi connectivity index (χ4n) is 7.07. The van der Waals surface area contributed by atoms with Gasteiger partial charge in [0.25, 0.3) is 0 Å². The number of nitrogens with zero attached hydrogens (tertiary/aromatic N) is 6. The highest BCUT2D eigenvalue weighted by Gasteiger charge is 2.33. The molecule has 0 unspecified atom stereocenters. The SMILES string of the molecule is CC(=O)N1CCc2c(c(N3CCCc4cc(-c5ccc(CCN6CCNCC6)cc5)ncc43)nn2C2CCOCC2)C1. The van der Waals surface area contributed by atoms with E-state index in [2.05, 4.69) is 50.1 Å². The van der Waals surface area contributed by atoms with Crippen molar-refractivity contribution in [1.29, 1.82) is 0 Å². The van der Waals surface area contributed by atoms with Crippen LogP contribution in [-0.4, -0.2) is 89.5 Å². The van der Waals surface area contributed by atoms with E-state index in [4.69, 9.17) is 14.8 Å². The average Bonchev–Trinajstić information content (AvgIpc) is 3.43. The van der Waals surface area contributed by atoms with Crippen molar-refractivity contribution in [3.05, 3.63) is 58.9 Å². The summed E-state index contributed by atoms with van der Waals surface area (Å²) in [6.07, 6.45) is 8.05. The van der Waals surface area contributed by atoms with E-state index < -0.39 is 0 Å². The highest BCUT2D eigenvalue weighted by atomic mass is 16.5. The van der Waals surface area contributed by atoms with Crippen LogP contribution < -0.4 is 10.2 Å². The first-order valence-electron chi connectivity index (χ1n) is 15.9. The summed E-state index contributed by atoms with van der Waals surface area (Å²) in [6, 6.07) is 11.6. The molecule has 2 aromatic heterocycles. The molecule has 1 N–H and O–H groups in total. The van der Waals surface area contributed by atoms with Crippen LogP contribution in [0.2, 0.25) is 0 Å². The highest BCUT2D eigenvalue weighted by Crippen LogP contribution is 2.40. The lowest BCUT2D eigenvalue weighted by molar-refractivity contribution is -0.129. The van der Waals surface area contributed by atoms with Gasteiger partial charge in [-0.05, 0) is 49.3 Å². The summed E-state index contributed by atoms with van der Waals surface area (Å²) in [5.74, 6) is 1.14. The second-order valence-corrected chi connectivity index (χ2v) is 12.2. The molecule has 9 nitrogen and oxygen atoms in total. The third-order valence-electron chi connectivity index (χ3n) is 9.56. The van der Waals surface area contributed by atoms with Gasteiger partial charge in [-0.15, -0.1) is 0 Å². The number of amides is 1. The molecule has 4 aliphatic heterocycles. The largest absolute Gasteiger partial charge is 0.381 e. The van der Waals surface area contributed by atoms with Crippen molar-refractivity contribution in [2.45, 2.75) is 58.0 Å². The van der Waals surface area contributed by atoms with Gasteiger partial charge in [0.05, 0.1) is 30.2 Å². The monoisotopic (exact) mass is 569 g/mol. The van der Waals surface area contributed by atoms with E-state index in [1.165, 1.54) is 27.9 Å². The Morgan fingerprint density at radius 2 is 1.86 bits per heavy atom. The maximum Gasteiger partial charge on any atom is 0.219 e. The van der Waals surface area contributed by atoms with Crippen molar-refractivity contribution in [2.75, 3.05) is 63.9 Å². The van der Waals surface area contributed by atoms with Crippen molar-refractivity contribution < 1.29 is 9.53 Å². The van der Waals surface area contributed by atoms with E-state index in [9.17, 15) is 4.79 Å². The van der Waals surface area contributed by atoms with Gasteiger partial charge in [-0.25, -0.2) is 0 Å². The smallest absolute Gasteiger partial charge is 0.219 e. The molecule has 3 aromatic rings. The van der Waals surface area contributed by atoms with Crippen molar-refractivity contribution in [2.24, 2.45) is 0 Å². The fraction of sp³-hybridized carbons (Fsp3) is 0.545. The Bertz CT molecular complexity index is 1410. The van der Waals surface area contributed by atoms with E-state index in [0.29, 0.717) is 12.6 Å². The van der Waals surface area contributed by atoms with Crippen LogP contribution in [-0.2, 0) is 35.3 Å². The molecule has 0 atom stereocenters. The van der Waals surface area contributed by atoms with Crippen LogP contribution in [0.4, 0.5) is 11.5 Å². The maximum atomic E-state index is 12.4. The van der Waals surface area contributed by atoms with Gasteiger partial charge in [0.1, 0.15) is 0 Å². The predicted molar refractivity (Wildman–Crippen MR) is 164 cm³/mol. The van der Waals surface area contributed by atoms with Gasteiger partial charge in [-0.2, -0.15) is 5.10 Å². The van der Waals surface area contributed by atoms with Gasteiger partial charge in [-0.1, -0.05) is 24.3 Å². The van der Waals surface area contributed by atoms with Crippen LogP contribution in [0.5, 0.6) is 0 Å². The van der Waals surface area contributed by atoms with Gasteiger partial charge >= 0.3 is 0 Å². The van der Waals surface area contributed by atoms with Crippen molar-refractivity contribution in [3.63, 3.8) is 0 Å². The Morgan fingerprint density at radius 1 is 1.05 bits per heavy atom. The normalized spacial score (nSPS) is 19.9. The lowest BCUT2D eigenvalue weighted by atomic mass is 9.98. The number of pyridine rings is 1. The zero-order valence-corrected chi connectivity index (χ0v) is 24.9. The Morgan fingerprint density at radius 3 is 2.64 bits per heavy atom. The number of benzene rings is 1. The summed E-state index contributed by atoms with van der Waals surface area (Å²) in [5.41, 5.74) is 8.55. The first-order chi connectivity index (χ1) is 20.6. The lowest BCUT2D eigenvalue weighted by Gasteiger charge is -2.32. The average molecular weight is 570 g/mol. The summed E-state index contributed by atoms with van der Waals surface area (Å²) in [7, 11) is 0. The van der Waals surface area contributed by atoms with E-state index in [0.717, 1.165) is 115 Å². The summed E-state index contributed by atoms with van der Waals surface area (Å²) in [4.78, 5) is 24.2. The van der Waals surface area contributed by atoms with Gasteiger partial charge in [0.15, 0.2) is 5.82 Å². The van der Waals surface area contributed by atoms with Crippen LogP contribution in [0.3, 0.4) is 0 Å². The van der Waals surface area contributed by atoms with E-state index in [-0.39, 0.29) is 5.91 Å². The molecule has 42 heavy (non-hydrogen) atoms. The van der Waals surface area contributed by atoms with Gasteiger partial charge in [0, 0.05) is 89.2 Å². The predicted octanol–water partition coefficient (Wildman–Crippen LogP) is 3.73. The number of aryl methyl sites for hydroxylation is 1. The van der Waals surface area contributed by atoms with Crippen molar-refractivity contribution in [1.82, 2.24) is 29.9 Å². The quantitative estimate of drug-likeness (QED) is 0.485. The number of aromatic nitrogens is 3. The molecule has 2 saturated heterocycles. The summed E-state index contributed by atoms with van der Waals surface area (Å²) >= 11 is 0. The summed E-state index contributed by atoms with van der Waals surface area (Å²) < 4.78 is 7.94. The number of rotatable bonds is 6. The molecule has 0 saturated carbocycles. The molecule has 6 heterocycles. The maximum absolute atomic E-state index is 12.4. The number of ether oxygens (including phenoxy) is 1. The lowest BCUT2D eigenvalue weighted by Crippen LogP contribution is -2.44. The molecule has 1 aromatic carbocycles. The topological polar surface area (TPSA) is 78.8 Å². The zero-order chi connectivity index (χ0) is 28.5. The third-order valence-corrected chi connectivity index (χ3v) is 9.56. The Hall–Kier alpha value is -3.27. The molecule has 7 rings (SSSR count). The summed E-state index contributed by atoms with van der Waals surface area (Å²) in [5, 5.41) is 8.72. The molecule has 0 spiro atoms. The number of anilines is 2. The number of hydrogen-bond donors (Lipinski definition) is 1. The second-order valence-electron chi connectivity index (χ2n) is 12.2. The minimum absolute atomic E-state index is 0.130. The number of nitrogens with one attached hydrogen (secondary N) is 1. The number of fused-ring (bicyclic) bond motifs is 2. The summed E-state index contributed by atoms with van der Waals surface area (Å²) in [6.45, 7) is 11.1. The first kappa shape index (κ1) is 27.6. The minimum Gasteiger partial charge on any atom is -0.381 e. The number of piperazine rings is 1. The van der Waals surface area contributed by atoms with E-state index in [1.807, 2.05) is 11.1 Å². The molecule has 2 fully saturated rings. The van der Waals surface area contributed by atoms with Gasteiger partial charge in [-0.3, -0.25) is 14.5 Å². The minimum atomic E-state index is 0.130. The zero-order valence-electron chi connectivity index (χ0n) is 24.9. The highest BCUT2D eigenvalue weighted by molar-refractivity contribution is 5.75. The van der Waals surface area contributed by atoms with Gasteiger partial charge < -0.3 is 24.8 Å². The van der Waals surface area contributed by atoms with Crippen molar-refractivity contribution in [3.8, 4) is 11.3 Å². The van der Waals surface area contributed by atoms with E-state index >= 15 is 0 Å². The molecular weight excluding hydrogens is 526 g/mol. The van der Waals surface area contributed by atoms with Crippen LogP contribution in [0, 0.1) is 0 Å². The molecular formula is C33H43N7O2. The molecule has 1 amide bonds. The molecule has 0 aliphatic carbocycles. The van der Waals surface area contributed by atoms with Crippen LogP contribution >= 0.6 is 0 Å². The Labute approximate surface area is 248 Å². The van der Waals surface area contributed by atoms with Crippen LogP contribution in [0.25, 0.3) is 11.3 Å². The number of carbonyl (C=O) groups excluding carboxylic acids is 1. The molecule has 9 heteroatoms. The molecule has 222 valence electrons. The molecule has 0 radical (unpaired) electrons. The van der Waals surface area contributed by atoms with Gasteiger partial charge in [0.2, 0.25) is 5.91 Å². The second kappa shape index (κ2) is 12.1. The van der Waals surface area contributed by atoms with Crippen molar-refractivity contribution >= 4 is 17.4 Å². The fourth-order valence-corrected chi connectivity index (χ4v) is 7.07. The van der Waals surface area contributed by atoms with Crippen LogP contribution in [0.1, 0.15) is 54.6 Å². The van der Waals surface area contributed by atoms with Crippen LogP contribution in [0.15, 0.2) is 36.5 Å².